The molecule has 0 heterocycles. The van der Waals surface area contributed by atoms with E-state index in [4.69, 9.17) is 10.9 Å². The van der Waals surface area contributed by atoms with E-state index in [2.05, 4.69) is 15.0 Å². The van der Waals surface area contributed by atoms with E-state index in [1.807, 2.05) is 0 Å². The smallest absolute Gasteiger partial charge is 0.404 e. The van der Waals surface area contributed by atoms with Crippen molar-refractivity contribution < 1.29 is 26.3 Å². The number of primary sulfonamides is 1. The van der Waals surface area contributed by atoms with E-state index < -0.39 is 22.1 Å². The van der Waals surface area contributed by atoms with Crippen molar-refractivity contribution in [1.82, 2.24) is 0 Å². The molecule has 2 aromatic rings. The van der Waals surface area contributed by atoms with E-state index in [1.54, 1.807) is 0 Å². The van der Waals surface area contributed by atoms with Gasteiger partial charge in [-0.1, -0.05) is 24.3 Å². The quantitative estimate of drug-likeness (QED) is 0.536. The fourth-order valence-corrected chi connectivity index (χ4v) is 2.44. The van der Waals surface area contributed by atoms with Gasteiger partial charge in [0.25, 0.3) is 0 Å². The lowest BCUT2D eigenvalue weighted by atomic mass is 10.2. The average molecular weight is 388 g/mol. The van der Waals surface area contributed by atoms with Gasteiger partial charge in [-0.15, -0.1) is 13.2 Å². The topological polar surface area (TPSA) is 120 Å². The van der Waals surface area contributed by atoms with Crippen molar-refractivity contribution in [3.05, 3.63) is 54.1 Å². The largest absolute Gasteiger partial charge is 0.573 e. The number of hydrogen-bond donors (Lipinski definition) is 3. The summed E-state index contributed by atoms with van der Waals surface area (Å²) in [6.45, 7) is 0.0754. The van der Waals surface area contributed by atoms with Crippen LogP contribution in [0.1, 0.15) is 5.56 Å². The Labute approximate surface area is 147 Å². The van der Waals surface area contributed by atoms with Crippen LogP contribution in [0.5, 0.6) is 5.75 Å². The molecule has 0 saturated heterocycles. The van der Waals surface area contributed by atoms with Crippen molar-refractivity contribution in [2.24, 2.45) is 15.9 Å². The molecule has 0 saturated carbocycles. The SMILES string of the molecule is NC(=NCc1ccc(S(N)(=O)=O)cc1)Nc1ccccc1OC(F)(F)F. The number of anilines is 1. The highest BCUT2D eigenvalue weighted by Gasteiger charge is 2.32. The van der Waals surface area contributed by atoms with Gasteiger partial charge in [0.15, 0.2) is 11.7 Å². The van der Waals surface area contributed by atoms with Crippen LogP contribution in [0.3, 0.4) is 0 Å². The van der Waals surface area contributed by atoms with Crippen LogP contribution in [0.15, 0.2) is 58.4 Å². The maximum absolute atomic E-state index is 12.4. The van der Waals surface area contributed by atoms with Crippen LogP contribution >= 0.6 is 0 Å². The molecule has 0 bridgehead atoms. The maximum atomic E-state index is 12.4. The highest BCUT2D eigenvalue weighted by atomic mass is 32.2. The number of hydrogen-bond acceptors (Lipinski definition) is 4. The van der Waals surface area contributed by atoms with Crippen LogP contribution in [-0.4, -0.2) is 20.7 Å². The van der Waals surface area contributed by atoms with Crippen molar-refractivity contribution in [1.29, 1.82) is 0 Å². The molecule has 26 heavy (non-hydrogen) atoms. The Hall–Kier alpha value is -2.79. The minimum atomic E-state index is -4.84. The molecule has 0 aromatic heterocycles. The second-order valence-corrected chi connectivity index (χ2v) is 6.62. The standard InChI is InChI=1S/C15H15F3N4O3S/c16-15(17,18)25-13-4-2-1-3-12(13)22-14(19)21-9-10-5-7-11(8-6-10)26(20,23)24/h1-8H,9H2,(H3,19,21,22)(H2,20,23,24). The molecule has 0 amide bonds. The summed E-state index contributed by atoms with van der Waals surface area (Å²) in [4.78, 5) is 3.94. The van der Waals surface area contributed by atoms with Gasteiger partial charge in [-0.3, -0.25) is 0 Å². The third-order valence-electron chi connectivity index (χ3n) is 3.06. The third-order valence-corrected chi connectivity index (χ3v) is 3.99. The third kappa shape index (κ3) is 5.93. The summed E-state index contributed by atoms with van der Waals surface area (Å²) >= 11 is 0. The zero-order valence-corrected chi connectivity index (χ0v) is 14.0. The molecule has 7 nitrogen and oxygen atoms in total. The number of rotatable bonds is 5. The Morgan fingerprint density at radius 3 is 2.31 bits per heavy atom. The van der Waals surface area contributed by atoms with Gasteiger partial charge in [-0.25, -0.2) is 18.5 Å². The molecule has 0 aliphatic heterocycles. The summed E-state index contributed by atoms with van der Waals surface area (Å²) in [5, 5.41) is 7.52. The monoisotopic (exact) mass is 388 g/mol. The van der Waals surface area contributed by atoms with Crippen LogP contribution in [-0.2, 0) is 16.6 Å². The summed E-state index contributed by atoms with van der Waals surface area (Å²) in [5.74, 6) is -0.589. The van der Waals surface area contributed by atoms with Crippen LogP contribution < -0.4 is 20.9 Å². The molecule has 0 fully saturated rings. The second kappa shape index (κ2) is 7.62. The van der Waals surface area contributed by atoms with Gasteiger partial charge in [0.05, 0.1) is 17.1 Å². The molecule has 0 aliphatic rings. The molecule has 5 N–H and O–H groups in total. The van der Waals surface area contributed by atoms with Crippen LogP contribution in [0.25, 0.3) is 0 Å². The second-order valence-electron chi connectivity index (χ2n) is 5.06. The molecule has 0 aliphatic carbocycles. The van der Waals surface area contributed by atoms with Crippen LogP contribution in [0.2, 0.25) is 0 Å². The Balaban J connectivity index is 2.07. The van der Waals surface area contributed by atoms with E-state index in [1.165, 1.54) is 42.5 Å². The number of guanidine groups is 1. The normalized spacial score (nSPS) is 12.7. The molecule has 2 aromatic carbocycles. The van der Waals surface area contributed by atoms with Gasteiger partial charge in [0, 0.05) is 0 Å². The van der Waals surface area contributed by atoms with Gasteiger partial charge in [0.2, 0.25) is 10.0 Å². The van der Waals surface area contributed by atoms with Crippen molar-refractivity contribution >= 4 is 21.7 Å². The van der Waals surface area contributed by atoms with E-state index in [9.17, 15) is 21.6 Å². The van der Waals surface area contributed by atoms with E-state index >= 15 is 0 Å². The Bertz CT molecular complexity index is 897. The molecule has 0 atom stereocenters. The van der Waals surface area contributed by atoms with E-state index in [0.717, 1.165) is 6.07 Å². The minimum Gasteiger partial charge on any atom is -0.404 e. The molecule has 140 valence electrons. The average Bonchev–Trinajstić information content (AvgIpc) is 2.53. The number of aliphatic imine (C=N–C) groups is 1. The molecule has 0 radical (unpaired) electrons. The van der Waals surface area contributed by atoms with Gasteiger partial charge < -0.3 is 15.8 Å². The zero-order chi connectivity index (χ0) is 19.4. The molecular weight excluding hydrogens is 373 g/mol. The zero-order valence-electron chi connectivity index (χ0n) is 13.2. The predicted molar refractivity (Wildman–Crippen MR) is 89.9 cm³/mol. The highest BCUT2D eigenvalue weighted by molar-refractivity contribution is 7.89. The first-order valence-corrected chi connectivity index (χ1v) is 8.63. The number of alkyl halides is 3. The summed E-state index contributed by atoms with van der Waals surface area (Å²) < 4.78 is 63.4. The van der Waals surface area contributed by atoms with Crippen molar-refractivity contribution in [3.8, 4) is 5.75 Å². The minimum absolute atomic E-state index is 0.00403. The maximum Gasteiger partial charge on any atom is 0.573 e. The van der Waals surface area contributed by atoms with E-state index in [-0.39, 0.29) is 23.1 Å². The molecular formula is C15H15F3N4O3S. The first-order chi connectivity index (χ1) is 12.0. The van der Waals surface area contributed by atoms with Crippen LogP contribution in [0, 0.1) is 0 Å². The molecule has 0 unspecified atom stereocenters. The first kappa shape index (κ1) is 19.5. The summed E-state index contributed by atoms with van der Waals surface area (Å²) in [5.41, 5.74) is 6.29. The van der Waals surface area contributed by atoms with Gasteiger partial charge >= 0.3 is 6.36 Å². The van der Waals surface area contributed by atoms with Crippen molar-refractivity contribution in [3.63, 3.8) is 0 Å². The number of benzene rings is 2. The van der Waals surface area contributed by atoms with E-state index in [0.29, 0.717) is 5.56 Å². The Morgan fingerprint density at radius 1 is 1.12 bits per heavy atom. The number of nitrogens with zero attached hydrogens (tertiary/aromatic N) is 1. The Morgan fingerprint density at radius 2 is 1.73 bits per heavy atom. The lowest BCUT2D eigenvalue weighted by molar-refractivity contribution is -0.274. The molecule has 11 heteroatoms. The number of halogens is 3. The van der Waals surface area contributed by atoms with Crippen molar-refractivity contribution in [2.75, 3.05) is 5.32 Å². The fourth-order valence-electron chi connectivity index (χ4n) is 1.92. The lowest BCUT2D eigenvalue weighted by Crippen LogP contribution is -2.24. The predicted octanol–water partition coefficient (Wildman–Crippen LogP) is 2.16. The van der Waals surface area contributed by atoms with Gasteiger partial charge in [-0.2, -0.15) is 0 Å². The lowest BCUT2D eigenvalue weighted by Gasteiger charge is -2.14. The van der Waals surface area contributed by atoms with Gasteiger partial charge in [0.1, 0.15) is 0 Å². The number of para-hydroxylation sites is 2. The molecule has 0 spiro atoms. The fraction of sp³-hybridized carbons (Fsp3) is 0.133. The highest BCUT2D eigenvalue weighted by Crippen LogP contribution is 2.29. The summed E-state index contributed by atoms with van der Waals surface area (Å²) in [7, 11) is -3.79. The number of nitrogens with one attached hydrogen (secondary N) is 1. The van der Waals surface area contributed by atoms with Crippen molar-refractivity contribution in [2.45, 2.75) is 17.8 Å². The summed E-state index contributed by atoms with van der Waals surface area (Å²) in [6.07, 6.45) is -4.84. The molecule has 2 rings (SSSR count). The van der Waals surface area contributed by atoms with Gasteiger partial charge in [-0.05, 0) is 29.8 Å². The summed E-state index contributed by atoms with van der Waals surface area (Å²) in [6, 6.07) is 11.0. The number of nitrogens with two attached hydrogens (primary N) is 2. The van der Waals surface area contributed by atoms with Crippen LogP contribution in [0.4, 0.5) is 18.9 Å². The first-order valence-electron chi connectivity index (χ1n) is 7.08. The Kier molecular flexibility index (Phi) is 5.73. The number of ether oxygens (including phenoxy) is 1. The number of sulfonamides is 1.